The molecule has 0 aliphatic carbocycles. The van der Waals surface area contributed by atoms with Crippen LogP contribution in [0.2, 0.25) is 0 Å². The fraction of sp³-hybridized carbons (Fsp3) is 0.133. The molecule has 0 bridgehead atoms. The molecule has 0 amide bonds. The van der Waals surface area contributed by atoms with E-state index in [2.05, 4.69) is 9.69 Å². The summed E-state index contributed by atoms with van der Waals surface area (Å²) in [6.07, 6.45) is 0. The predicted molar refractivity (Wildman–Crippen MR) is 79.3 cm³/mol. The molecule has 0 radical (unpaired) electrons. The van der Waals surface area contributed by atoms with Crippen LogP contribution in [0.3, 0.4) is 0 Å². The summed E-state index contributed by atoms with van der Waals surface area (Å²) in [5, 5.41) is 0. The van der Waals surface area contributed by atoms with Crippen molar-refractivity contribution < 1.29 is 17.3 Å². The van der Waals surface area contributed by atoms with Crippen molar-refractivity contribution >= 4 is 9.69 Å². The maximum absolute atomic E-state index is 8.07. The molecule has 0 aliphatic heterocycles. The average Bonchev–Trinajstić information content (AvgIpc) is 2.49. The van der Waals surface area contributed by atoms with E-state index in [1.165, 1.54) is 0 Å². The van der Waals surface area contributed by atoms with Crippen molar-refractivity contribution in [3.63, 3.8) is 0 Å². The molecule has 0 unspecified atom stereocenters. The molecule has 2 aromatic rings. The monoisotopic (exact) mass is 363 g/mol. The smallest absolute Gasteiger partial charge is 0.0606 e. The summed E-state index contributed by atoms with van der Waals surface area (Å²) >= 11 is 2.02. The Balaban J connectivity index is 0.00000103. The van der Waals surface area contributed by atoms with Gasteiger partial charge in [-0.2, -0.15) is 0 Å². The molecule has 0 saturated heterocycles. The summed E-state index contributed by atoms with van der Waals surface area (Å²) in [5.74, 6) is 0. The topological polar surface area (TPSA) is 47.6 Å². The number of hydrogen-bond acceptors (Lipinski definition) is 0. The normalized spacial score (nSPS) is 12.4. The Kier molecular flexibility index (Phi) is 9.72. The number of nitrogens with one attached hydrogen (secondary N) is 2. The summed E-state index contributed by atoms with van der Waals surface area (Å²) in [4.78, 5) is 0. The number of hydrogen-bond donors (Lipinski definition) is 0. The van der Waals surface area contributed by atoms with Crippen LogP contribution in [0, 0.1) is 7.43 Å². The molecule has 19 heavy (non-hydrogen) atoms. The molecule has 0 saturated carbocycles. The molecule has 2 nitrogen and oxygen atoms in total. The van der Waals surface area contributed by atoms with Gasteiger partial charge in [-0.1, -0.05) is 71.8 Å². The van der Waals surface area contributed by atoms with Crippen LogP contribution in [0.5, 0.6) is 0 Å². The third kappa shape index (κ3) is 5.42. The minimum absolute atomic E-state index is 0. The van der Waals surface area contributed by atoms with Crippen LogP contribution in [0.15, 0.2) is 60.7 Å². The zero-order valence-corrected chi connectivity index (χ0v) is 13.0. The molecular formula is C15H17ClN2Rh-. The molecule has 2 atom stereocenters. The first-order chi connectivity index (χ1) is 8.79. The van der Waals surface area contributed by atoms with Crippen molar-refractivity contribution in [2.45, 2.75) is 12.1 Å². The van der Waals surface area contributed by atoms with E-state index in [9.17, 15) is 0 Å². The molecule has 2 N–H and O–H groups in total. The van der Waals surface area contributed by atoms with Gasteiger partial charge in [0.25, 0.3) is 0 Å². The fourth-order valence-corrected chi connectivity index (χ4v) is 1.71. The minimum atomic E-state index is -0.524. The second-order valence-corrected chi connectivity index (χ2v) is 3.78. The van der Waals surface area contributed by atoms with Crippen molar-refractivity contribution in [3.05, 3.63) is 90.7 Å². The van der Waals surface area contributed by atoms with Gasteiger partial charge in [-0.05, 0) is 0 Å². The second-order valence-electron chi connectivity index (χ2n) is 3.78. The Bertz CT molecular complexity index is 393. The van der Waals surface area contributed by atoms with E-state index in [1.54, 1.807) is 0 Å². The van der Waals surface area contributed by atoms with Gasteiger partial charge in [0.2, 0.25) is 0 Å². The zero-order chi connectivity index (χ0) is 13.4. The third-order valence-electron chi connectivity index (χ3n) is 2.65. The minimum Gasteiger partial charge on any atom is -0.672 e. The van der Waals surface area contributed by atoms with Gasteiger partial charge >= 0.3 is 27.0 Å². The van der Waals surface area contributed by atoms with Crippen LogP contribution < -0.4 is 0 Å². The van der Waals surface area contributed by atoms with Crippen LogP contribution in [-0.4, -0.2) is 0 Å². The third-order valence-corrected chi connectivity index (χ3v) is 2.65. The van der Waals surface area contributed by atoms with Gasteiger partial charge < -0.3 is 18.9 Å². The maximum Gasteiger partial charge on any atom is -0.0606 e. The van der Waals surface area contributed by atoms with Gasteiger partial charge in [0.05, 0.1) is 0 Å². The van der Waals surface area contributed by atoms with E-state index >= 15 is 0 Å². The predicted octanol–water partition coefficient (Wildman–Crippen LogP) is 5.71. The first kappa shape index (κ1) is 18.3. The van der Waals surface area contributed by atoms with E-state index in [0.29, 0.717) is 0 Å². The Labute approximate surface area is 129 Å². The van der Waals surface area contributed by atoms with Gasteiger partial charge in [0.15, 0.2) is 0 Å². The molecule has 2 rings (SSSR count). The van der Waals surface area contributed by atoms with Crippen LogP contribution >= 0.6 is 9.69 Å². The largest absolute Gasteiger partial charge is 0.672 e. The number of benzene rings is 2. The van der Waals surface area contributed by atoms with Gasteiger partial charge in [-0.3, -0.25) is 0 Å². The zero-order valence-electron chi connectivity index (χ0n) is 10.6. The molecule has 2 aromatic carbocycles. The molecule has 104 valence electrons. The quantitative estimate of drug-likeness (QED) is 0.495. The summed E-state index contributed by atoms with van der Waals surface area (Å²) in [7, 11) is 4.53. The fourth-order valence-electron chi connectivity index (χ4n) is 1.71. The number of rotatable bonds is 3. The van der Waals surface area contributed by atoms with E-state index in [0.717, 1.165) is 11.1 Å². The van der Waals surface area contributed by atoms with E-state index in [1.807, 2.05) is 78.0 Å². The van der Waals surface area contributed by atoms with Gasteiger partial charge in [-0.25, -0.2) is 0 Å². The van der Waals surface area contributed by atoms with E-state index in [4.69, 9.17) is 11.5 Å². The molecule has 0 spiro atoms. The maximum atomic E-state index is 8.07. The standard InChI is InChI=1S/C14H14N2.CH3.ClH.Rh/c15-13(11-7-3-1-4-8-11)14(16)12-9-5-2-6-10-12;;;/h1-10,13-16H;1H3;1H;/q-2;-1;;+3/p-1/t13-,14-;;;/m1.../s1. The van der Waals surface area contributed by atoms with E-state index in [-0.39, 0.29) is 7.43 Å². The summed E-state index contributed by atoms with van der Waals surface area (Å²) in [6.45, 7) is 0. The van der Waals surface area contributed by atoms with Crippen LogP contribution in [-0.2, 0) is 17.3 Å². The van der Waals surface area contributed by atoms with Crippen molar-refractivity contribution in [3.8, 4) is 0 Å². The summed E-state index contributed by atoms with van der Waals surface area (Å²) < 4.78 is 0. The van der Waals surface area contributed by atoms with Crippen molar-refractivity contribution in [1.82, 2.24) is 0 Å². The summed E-state index contributed by atoms with van der Waals surface area (Å²) in [5.41, 5.74) is 17.9. The van der Waals surface area contributed by atoms with Crippen LogP contribution in [0.4, 0.5) is 0 Å². The molecule has 0 heterocycles. The Morgan fingerprint density at radius 3 is 1.21 bits per heavy atom. The van der Waals surface area contributed by atoms with Gasteiger partial charge in [-0.15, -0.1) is 12.1 Å². The van der Waals surface area contributed by atoms with Crippen molar-refractivity contribution in [2.75, 3.05) is 0 Å². The van der Waals surface area contributed by atoms with Crippen LogP contribution in [0.1, 0.15) is 23.2 Å². The Hall–Kier alpha value is -0.727. The molecule has 0 aromatic heterocycles. The SMILES string of the molecule is [CH3-].[Cl][Rh+2].[NH-][C@H](c1ccccc1)[C@H]([NH-])c1ccccc1. The molecule has 0 aliphatic rings. The van der Waals surface area contributed by atoms with E-state index < -0.39 is 12.1 Å². The van der Waals surface area contributed by atoms with Crippen molar-refractivity contribution in [2.24, 2.45) is 0 Å². The number of halogens is 1. The second kappa shape index (κ2) is 10.1. The Morgan fingerprint density at radius 2 is 0.947 bits per heavy atom. The van der Waals surface area contributed by atoms with Crippen molar-refractivity contribution in [1.29, 1.82) is 0 Å². The Morgan fingerprint density at radius 1 is 0.684 bits per heavy atom. The molecule has 0 fully saturated rings. The first-order valence-corrected chi connectivity index (χ1v) is 7.55. The van der Waals surface area contributed by atoms with Gasteiger partial charge in [0, 0.05) is 0 Å². The summed E-state index contributed by atoms with van der Waals surface area (Å²) in [6, 6.07) is 18.1. The van der Waals surface area contributed by atoms with Crippen LogP contribution in [0.25, 0.3) is 11.5 Å². The molecular weight excluding hydrogens is 347 g/mol. The molecule has 4 heteroatoms. The van der Waals surface area contributed by atoms with Gasteiger partial charge in [0.1, 0.15) is 0 Å². The average molecular weight is 364 g/mol. The first-order valence-electron chi connectivity index (χ1n) is 5.44.